The molecule has 0 aromatic heterocycles. The minimum Gasteiger partial charge on any atom is -0.316 e. The van der Waals surface area contributed by atoms with Gasteiger partial charge in [0, 0.05) is 18.4 Å². The number of fused-ring (bicyclic) bond motifs is 5. The lowest BCUT2D eigenvalue weighted by Gasteiger charge is -2.62. The van der Waals surface area contributed by atoms with E-state index in [4.69, 9.17) is 0 Å². The molecule has 2 heteroatoms. The summed E-state index contributed by atoms with van der Waals surface area (Å²) in [5, 5.41) is 3.50. The molecular formula is C26H41NO. The largest absolute Gasteiger partial charge is 0.316 e. The van der Waals surface area contributed by atoms with Crippen molar-refractivity contribution < 1.29 is 4.79 Å². The van der Waals surface area contributed by atoms with Crippen LogP contribution in [0, 0.1) is 52.3 Å². The Morgan fingerprint density at radius 2 is 1.75 bits per heavy atom. The molecule has 1 unspecified atom stereocenters. The van der Waals surface area contributed by atoms with Crippen LogP contribution in [0.5, 0.6) is 0 Å². The molecule has 2 nitrogen and oxygen atoms in total. The van der Waals surface area contributed by atoms with Crippen LogP contribution in [-0.4, -0.2) is 18.9 Å². The summed E-state index contributed by atoms with van der Waals surface area (Å²) in [4.78, 5) is 12.7. The maximum absolute atomic E-state index is 12.7. The molecule has 1 heterocycles. The Balaban J connectivity index is 1.33. The van der Waals surface area contributed by atoms with Crippen LogP contribution in [0.15, 0.2) is 12.2 Å². The predicted octanol–water partition coefficient (Wildman–Crippen LogP) is 5.63. The highest BCUT2D eigenvalue weighted by Gasteiger charge is 2.61. The van der Waals surface area contributed by atoms with E-state index in [0.717, 1.165) is 41.9 Å². The fourth-order valence-electron chi connectivity index (χ4n) is 8.87. The highest BCUT2D eigenvalue weighted by molar-refractivity contribution is 5.87. The van der Waals surface area contributed by atoms with Crippen molar-refractivity contribution >= 4 is 5.78 Å². The van der Waals surface area contributed by atoms with Gasteiger partial charge in [-0.3, -0.25) is 4.79 Å². The molecule has 1 N–H and O–H groups in total. The fourth-order valence-corrected chi connectivity index (χ4v) is 8.87. The predicted molar refractivity (Wildman–Crippen MR) is 115 cm³/mol. The third-order valence-electron chi connectivity index (χ3n) is 10.5. The minimum atomic E-state index is 0.0271. The maximum Gasteiger partial charge on any atom is 0.139 e. The Morgan fingerprint density at radius 3 is 2.54 bits per heavy atom. The summed E-state index contributed by atoms with van der Waals surface area (Å²) in [5.74, 6) is 6.27. The Labute approximate surface area is 172 Å². The van der Waals surface area contributed by atoms with Gasteiger partial charge in [0.15, 0.2) is 0 Å². The van der Waals surface area contributed by atoms with E-state index in [-0.39, 0.29) is 5.41 Å². The van der Waals surface area contributed by atoms with Crippen molar-refractivity contribution in [3.05, 3.63) is 12.2 Å². The summed E-state index contributed by atoms with van der Waals surface area (Å²) in [5.41, 5.74) is 0.549. The second kappa shape index (κ2) is 6.96. The Hall–Kier alpha value is -0.630. The first-order valence-electron chi connectivity index (χ1n) is 12.3. The molecular weight excluding hydrogens is 342 g/mol. The number of Topliss-reactive ketones (excluding diaryl/α,β-unsaturated/α-hetero) is 1. The average molecular weight is 384 g/mol. The van der Waals surface area contributed by atoms with Crippen LogP contribution in [0.3, 0.4) is 0 Å². The quantitative estimate of drug-likeness (QED) is 0.627. The topological polar surface area (TPSA) is 29.1 Å². The first-order valence-corrected chi connectivity index (χ1v) is 12.3. The number of hydrogen-bond acceptors (Lipinski definition) is 2. The number of carbonyl (C=O) groups is 1. The van der Waals surface area contributed by atoms with Crippen molar-refractivity contribution in [2.75, 3.05) is 13.1 Å². The van der Waals surface area contributed by atoms with Crippen molar-refractivity contribution in [3.8, 4) is 0 Å². The monoisotopic (exact) mass is 383 g/mol. The first kappa shape index (κ1) is 19.3. The Bertz CT molecular complexity index is 649. The SMILES string of the molecule is C[C@H]1C[C@@H]2[C@H](CC[C@]3(C)C(=O)CC[C@@H]23)[C@@]2(C)CC[C@@H](/C=C\[C@H]3CCNC3)CC12. The Kier molecular flexibility index (Phi) is 4.81. The minimum absolute atomic E-state index is 0.0271. The molecule has 156 valence electrons. The number of ketones is 1. The van der Waals surface area contributed by atoms with E-state index in [9.17, 15) is 4.79 Å². The van der Waals surface area contributed by atoms with Crippen LogP contribution < -0.4 is 5.32 Å². The van der Waals surface area contributed by atoms with Gasteiger partial charge in [-0.25, -0.2) is 0 Å². The smallest absolute Gasteiger partial charge is 0.139 e. The summed E-state index contributed by atoms with van der Waals surface area (Å²) in [6.07, 6.45) is 16.6. The Morgan fingerprint density at radius 1 is 0.929 bits per heavy atom. The second-order valence-corrected chi connectivity index (χ2v) is 11.8. The molecule has 9 atom stereocenters. The number of nitrogens with one attached hydrogen (secondary N) is 1. The van der Waals surface area contributed by atoms with Gasteiger partial charge in [-0.1, -0.05) is 32.9 Å². The summed E-state index contributed by atoms with van der Waals surface area (Å²) in [7, 11) is 0. The lowest BCUT2D eigenvalue weighted by molar-refractivity contribution is -0.146. The van der Waals surface area contributed by atoms with Crippen molar-refractivity contribution in [2.45, 2.75) is 78.6 Å². The average Bonchev–Trinajstić information content (AvgIpc) is 3.29. The van der Waals surface area contributed by atoms with Crippen molar-refractivity contribution in [2.24, 2.45) is 52.3 Å². The van der Waals surface area contributed by atoms with E-state index in [1.807, 2.05) is 0 Å². The normalized spacial score (nSPS) is 53.8. The molecule has 4 aliphatic carbocycles. The summed E-state index contributed by atoms with van der Waals surface area (Å²) in [6, 6.07) is 0. The van der Waals surface area contributed by atoms with Crippen LogP contribution in [0.2, 0.25) is 0 Å². The zero-order valence-corrected chi connectivity index (χ0v) is 18.4. The fraction of sp³-hybridized carbons (Fsp3) is 0.885. The third kappa shape index (κ3) is 2.88. The van der Waals surface area contributed by atoms with Gasteiger partial charge in [-0.05, 0) is 105 Å². The number of hydrogen-bond donors (Lipinski definition) is 1. The second-order valence-electron chi connectivity index (χ2n) is 11.8. The van der Waals surface area contributed by atoms with Crippen molar-refractivity contribution in [1.82, 2.24) is 5.32 Å². The highest BCUT2D eigenvalue weighted by atomic mass is 16.1. The van der Waals surface area contributed by atoms with Crippen LogP contribution >= 0.6 is 0 Å². The molecule has 0 bridgehead atoms. The molecule has 28 heavy (non-hydrogen) atoms. The molecule has 0 radical (unpaired) electrons. The molecule has 1 aliphatic heterocycles. The molecule has 0 spiro atoms. The zero-order chi connectivity index (χ0) is 19.5. The van der Waals surface area contributed by atoms with Gasteiger partial charge < -0.3 is 5.32 Å². The summed E-state index contributed by atoms with van der Waals surface area (Å²) in [6.45, 7) is 9.91. The molecule has 5 aliphatic rings. The molecule has 0 amide bonds. The molecule has 5 fully saturated rings. The van der Waals surface area contributed by atoms with Gasteiger partial charge in [-0.2, -0.15) is 0 Å². The van der Waals surface area contributed by atoms with Crippen molar-refractivity contribution in [3.63, 3.8) is 0 Å². The number of carbonyl (C=O) groups excluding carboxylic acids is 1. The van der Waals surface area contributed by atoms with E-state index in [1.165, 1.54) is 64.5 Å². The molecule has 4 saturated carbocycles. The van der Waals surface area contributed by atoms with Gasteiger partial charge in [0.25, 0.3) is 0 Å². The van der Waals surface area contributed by atoms with Gasteiger partial charge in [0.05, 0.1) is 0 Å². The third-order valence-corrected chi connectivity index (χ3v) is 10.5. The van der Waals surface area contributed by atoms with Crippen LogP contribution in [0.25, 0.3) is 0 Å². The zero-order valence-electron chi connectivity index (χ0n) is 18.4. The lowest BCUT2D eigenvalue weighted by atomic mass is 9.43. The van der Waals surface area contributed by atoms with Crippen LogP contribution in [-0.2, 0) is 4.79 Å². The van der Waals surface area contributed by atoms with Gasteiger partial charge in [0.1, 0.15) is 5.78 Å². The maximum atomic E-state index is 12.7. The van der Waals surface area contributed by atoms with Gasteiger partial charge in [0.2, 0.25) is 0 Å². The van der Waals surface area contributed by atoms with Crippen LogP contribution in [0.1, 0.15) is 78.6 Å². The number of allylic oxidation sites excluding steroid dienone is 1. The van der Waals surface area contributed by atoms with Crippen molar-refractivity contribution in [1.29, 1.82) is 0 Å². The lowest BCUT2D eigenvalue weighted by Crippen LogP contribution is -2.55. The standard InChI is InChI=1S/C26H41NO/c1-17-14-20-21-6-7-24(28)26(21,3)12-9-22(20)25(2)11-8-18(15-23(17)25)4-5-19-10-13-27-16-19/h4-5,17-23,27H,6-16H2,1-3H3/b5-4-/t17-,18+,19-,20-,21-,22-,23?,25+,26-/m0/s1. The molecule has 1 saturated heterocycles. The summed E-state index contributed by atoms with van der Waals surface area (Å²) < 4.78 is 0. The highest BCUT2D eigenvalue weighted by Crippen LogP contribution is 2.67. The van der Waals surface area contributed by atoms with E-state index >= 15 is 0 Å². The van der Waals surface area contributed by atoms with Gasteiger partial charge >= 0.3 is 0 Å². The van der Waals surface area contributed by atoms with E-state index in [0.29, 0.717) is 17.1 Å². The van der Waals surface area contributed by atoms with Crippen LogP contribution in [0.4, 0.5) is 0 Å². The van der Waals surface area contributed by atoms with E-state index < -0.39 is 0 Å². The first-order chi connectivity index (χ1) is 13.4. The van der Waals surface area contributed by atoms with Gasteiger partial charge in [-0.15, -0.1) is 0 Å². The number of rotatable bonds is 2. The molecule has 0 aromatic rings. The summed E-state index contributed by atoms with van der Waals surface area (Å²) >= 11 is 0. The van der Waals surface area contributed by atoms with E-state index in [2.05, 4.69) is 38.2 Å². The molecule has 5 rings (SSSR count). The molecule has 0 aromatic carbocycles. The van der Waals surface area contributed by atoms with E-state index in [1.54, 1.807) is 0 Å².